The van der Waals surface area contributed by atoms with Crippen LogP contribution in [0.5, 0.6) is 0 Å². The molecule has 1 rings (SSSR count). The molecule has 0 unspecified atom stereocenters. The van der Waals surface area contributed by atoms with Gasteiger partial charge >= 0.3 is 0 Å². The number of benzene rings is 1. The first-order valence-electron chi connectivity index (χ1n) is 7.22. The Morgan fingerprint density at radius 2 is 1.70 bits per heavy atom. The van der Waals surface area contributed by atoms with Crippen LogP contribution in [0.4, 0.5) is 0 Å². The number of nitrogens with zero attached hydrogens (tertiary/aromatic N) is 1. The second-order valence-corrected chi connectivity index (χ2v) is 4.99. The second kappa shape index (κ2) is 9.03. The molecule has 3 heteroatoms. The maximum atomic E-state index is 11.9. The maximum Gasteiger partial charge on any atom is 0.170 e. The lowest BCUT2D eigenvalue weighted by Gasteiger charge is -2.02. The van der Waals surface area contributed by atoms with Gasteiger partial charge in [0.15, 0.2) is 5.78 Å². The van der Waals surface area contributed by atoms with Crippen LogP contribution in [0, 0.1) is 11.3 Å². The van der Waals surface area contributed by atoms with Crippen molar-refractivity contribution in [1.29, 1.82) is 5.26 Å². The normalized spacial score (nSPS) is 10.0. The van der Waals surface area contributed by atoms with Gasteiger partial charge in [-0.05, 0) is 18.6 Å². The van der Waals surface area contributed by atoms with Gasteiger partial charge in [0.2, 0.25) is 0 Å². The third kappa shape index (κ3) is 5.79. The zero-order valence-electron chi connectivity index (χ0n) is 12.0. The molecule has 0 spiro atoms. The van der Waals surface area contributed by atoms with Gasteiger partial charge in [-0.1, -0.05) is 44.7 Å². The lowest BCUT2D eigenvalue weighted by atomic mass is 10.0. The van der Waals surface area contributed by atoms with E-state index in [4.69, 9.17) is 5.26 Å². The largest absolute Gasteiger partial charge is 0.299 e. The molecule has 0 aliphatic rings. The van der Waals surface area contributed by atoms with E-state index < -0.39 is 0 Å². The molecule has 3 nitrogen and oxygen atoms in total. The summed E-state index contributed by atoms with van der Waals surface area (Å²) in [6, 6.07) is 8.41. The maximum absolute atomic E-state index is 11.9. The molecular weight excluding hydrogens is 250 g/mol. The molecule has 0 aliphatic heterocycles. The molecule has 1 aromatic carbocycles. The van der Waals surface area contributed by atoms with Crippen molar-refractivity contribution in [2.24, 2.45) is 0 Å². The van der Waals surface area contributed by atoms with Gasteiger partial charge in [0, 0.05) is 12.0 Å². The lowest BCUT2D eigenvalue weighted by Crippen LogP contribution is -2.08. The molecule has 0 saturated heterocycles. The van der Waals surface area contributed by atoms with Crippen molar-refractivity contribution in [3.63, 3.8) is 0 Å². The van der Waals surface area contributed by atoms with Crippen LogP contribution < -0.4 is 0 Å². The number of hydrogen-bond acceptors (Lipinski definition) is 3. The number of Topliss-reactive ketones (excluding diaryl/α,β-unsaturated/α-hetero) is 2. The third-order valence-electron chi connectivity index (χ3n) is 3.25. The van der Waals surface area contributed by atoms with Crippen LogP contribution in [-0.4, -0.2) is 11.6 Å². The highest BCUT2D eigenvalue weighted by molar-refractivity contribution is 6.07. The zero-order valence-corrected chi connectivity index (χ0v) is 12.0. The van der Waals surface area contributed by atoms with Crippen LogP contribution in [0.25, 0.3) is 0 Å². The SMILES string of the molecule is CCCCCCCC(=O)CC(=O)c1ccc(C#N)cc1. The van der Waals surface area contributed by atoms with E-state index in [-0.39, 0.29) is 18.0 Å². The summed E-state index contributed by atoms with van der Waals surface area (Å²) in [6.45, 7) is 2.15. The molecule has 0 atom stereocenters. The molecule has 0 heterocycles. The predicted octanol–water partition coefficient (Wildman–Crippen LogP) is 4.06. The Balaban J connectivity index is 2.34. The Hall–Kier alpha value is -1.95. The van der Waals surface area contributed by atoms with Gasteiger partial charge in [-0.15, -0.1) is 0 Å². The van der Waals surface area contributed by atoms with E-state index in [1.54, 1.807) is 24.3 Å². The molecule has 0 bridgehead atoms. The number of carbonyl (C=O) groups is 2. The van der Waals surface area contributed by atoms with E-state index in [0.29, 0.717) is 17.5 Å². The standard InChI is InChI=1S/C17H21NO2/c1-2-3-4-5-6-7-16(19)12-17(20)15-10-8-14(13-18)9-11-15/h8-11H,2-7,12H2,1H3. The average molecular weight is 271 g/mol. The quantitative estimate of drug-likeness (QED) is 0.386. The number of rotatable bonds is 9. The number of unbranched alkanes of at least 4 members (excludes halogenated alkanes) is 4. The zero-order chi connectivity index (χ0) is 14.8. The minimum absolute atomic E-state index is 0.0101. The predicted molar refractivity (Wildman–Crippen MR) is 78.5 cm³/mol. The Morgan fingerprint density at radius 3 is 2.30 bits per heavy atom. The van der Waals surface area contributed by atoms with Gasteiger partial charge in [-0.25, -0.2) is 0 Å². The van der Waals surface area contributed by atoms with Gasteiger partial charge in [0.25, 0.3) is 0 Å². The molecule has 0 amide bonds. The monoisotopic (exact) mass is 271 g/mol. The molecule has 0 saturated carbocycles. The van der Waals surface area contributed by atoms with Crippen LogP contribution in [-0.2, 0) is 4.79 Å². The van der Waals surface area contributed by atoms with E-state index in [2.05, 4.69) is 6.92 Å². The summed E-state index contributed by atoms with van der Waals surface area (Å²) in [5.74, 6) is -0.149. The smallest absolute Gasteiger partial charge is 0.170 e. The van der Waals surface area contributed by atoms with Crippen molar-refractivity contribution in [3.05, 3.63) is 35.4 Å². The van der Waals surface area contributed by atoms with Crippen LogP contribution >= 0.6 is 0 Å². The molecule has 1 aromatic rings. The first-order valence-corrected chi connectivity index (χ1v) is 7.22. The molecule has 0 radical (unpaired) electrons. The number of carbonyl (C=O) groups excluding carboxylic acids is 2. The summed E-state index contributed by atoms with van der Waals surface area (Å²) in [7, 11) is 0. The van der Waals surface area contributed by atoms with E-state index in [1.807, 2.05) is 6.07 Å². The van der Waals surface area contributed by atoms with Gasteiger partial charge in [-0.3, -0.25) is 9.59 Å². The van der Waals surface area contributed by atoms with Gasteiger partial charge in [0.1, 0.15) is 5.78 Å². The molecule has 0 N–H and O–H groups in total. The number of ketones is 2. The minimum Gasteiger partial charge on any atom is -0.299 e. The Labute approximate surface area is 120 Å². The van der Waals surface area contributed by atoms with Crippen molar-refractivity contribution in [2.45, 2.75) is 51.9 Å². The fraction of sp³-hybridized carbons (Fsp3) is 0.471. The fourth-order valence-corrected chi connectivity index (χ4v) is 2.03. The third-order valence-corrected chi connectivity index (χ3v) is 3.25. The van der Waals surface area contributed by atoms with Gasteiger partial charge in [-0.2, -0.15) is 5.26 Å². The Morgan fingerprint density at radius 1 is 1.05 bits per heavy atom. The highest BCUT2D eigenvalue weighted by atomic mass is 16.1. The van der Waals surface area contributed by atoms with Crippen LogP contribution in [0.1, 0.15) is 67.8 Å². The Bertz CT molecular complexity index is 483. The van der Waals surface area contributed by atoms with E-state index in [0.717, 1.165) is 19.3 Å². The van der Waals surface area contributed by atoms with Crippen molar-refractivity contribution in [2.75, 3.05) is 0 Å². The summed E-state index contributed by atoms with van der Waals surface area (Å²) in [6.07, 6.45) is 5.95. The number of hydrogen-bond donors (Lipinski definition) is 0. The van der Waals surface area contributed by atoms with Crippen LogP contribution in [0.2, 0.25) is 0 Å². The first kappa shape index (κ1) is 16.1. The van der Waals surface area contributed by atoms with Gasteiger partial charge in [0.05, 0.1) is 18.1 Å². The lowest BCUT2D eigenvalue weighted by molar-refractivity contribution is -0.118. The van der Waals surface area contributed by atoms with E-state index in [1.165, 1.54) is 12.8 Å². The summed E-state index contributed by atoms with van der Waals surface area (Å²) < 4.78 is 0. The second-order valence-electron chi connectivity index (χ2n) is 4.99. The summed E-state index contributed by atoms with van der Waals surface area (Å²) in [5.41, 5.74) is 1.02. The topological polar surface area (TPSA) is 57.9 Å². The van der Waals surface area contributed by atoms with Crippen LogP contribution in [0.3, 0.4) is 0 Å². The summed E-state index contributed by atoms with van der Waals surface area (Å²) >= 11 is 0. The van der Waals surface area contributed by atoms with Crippen molar-refractivity contribution in [1.82, 2.24) is 0 Å². The van der Waals surface area contributed by atoms with Crippen molar-refractivity contribution in [3.8, 4) is 6.07 Å². The molecule has 106 valence electrons. The average Bonchev–Trinajstić information content (AvgIpc) is 2.47. The first-order chi connectivity index (χ1) is 9.67. The fourth-order valence-electron chi connectivity index (χ4n) is 2.03. The molecule has 0 aromatic heterocycles. The highest BCUT2D eigenvalue weighted by Gasteiger charge is 2.11. The summed E-state index contributed by atoms with van der Waals surface area (Å²) in [5, 5.41) is 8.68. The number of nitriles is 1. The minimum atomic E-state index is -0.159. The highest BCUT2D eigenvalue weighted by Crippen LogP contribution is 2.10. The molecular formula is C17H21NO2. The molecule has 0 aliphatic carbocycles. The van der Waals surface area contributed by atoms with E-state index >= 15 is 0 Å². The summed E-state index contributed by atoms with van der Waals surface area (Å²) in [4.78, 5) is 23.6. The van der Waals surface area contributed by atoms with Gasteiger partial charge < -0.3 is 0 Å². The van der Waals surface area contributed by atoms with Crippen molar-refractivity contribution < 1.29 is 9.59 Å². The molecule has 0 fully saturated rings. The molecule has 20 heavy (non-hydrogen) atoms. The van der Waals surface area contributed by atoms with Crippen molar-refractivity contribution >= 4 is 11.6 Å². The Kier molecular flexibility index (Phi) is 7.27. The van der Waals surface area contributed by atoms with E-state index in [9.17, 15) is 9.59 Å². The van der Waals surface area contributed by atoms with Crippen LogP contribution in [0.15, 0.2) is 24.3 Å².